The van der Waals surface area contributed by atoms with Crippen LogP contribution < -0.4 is 10.6 Å². The molecule has 3 aromatic rings. The van der Waals surface area contributed by atoms with Gasteiger partial charge in [0.15, 0.2) is 5.96 Å². The first kappa shape index (κ1) is 18.0. The van der Waals surface area contributed by atoms with E-state index in [9.17, 15) is 0 Å². The second-order valence-corrected chi connectivity index (χ2v) is 6.37. The maximum atomic E-state index is 5.94. The number of hydrogen-bond donors (Lipinski definition) is 2. The Morgan fingerprint density at radius 3 is 2.77 bits per heavy atom. The van der Waals surface area contributed by atoms with Gasteiger partial charge in [0, 0.05) is 24.0 Å². The Labute approximate surface area is 153 Å². The summed E-state index contributed by atoms with van der Waals surface area (Å²) in [7, 11) is 0. The average Bonchev–Trinajstić information content (AvgIpc) is 3.20. The van der Waals surface area contributed by atoms with Gasteiger partial charge in [-0.25, -0.2) is 0 Å². The lowest BCUT2D eigenvalue weighted by Crippen LogP contribution is -2.38. The van der Waals surface area contributed by atoms with E-state index in [4.69, 9.17) is 8.94 Å². The molecule has 0 aliphatic rings. The van der Waals surface area contributed by atoms with Crippen LogP contribution in [0.25, 0.3) is 11.0 Å². The van der Waals surface area contributed by atoms with Crippen LogP contribution in [-0.2, 0) is 6.42 Å². The largest absolute Gasteiger partial charge is 0.459 e. The number of furan rings is 1. The molecule has 0 bridgehead atoms. The van der Waals surface area contributed by atoms with Gasteiger partial charge in [-0.2, -0.15) is 0 Å². The van der Waals surface area contributed by atoms with E-state index in [2.05, 4.69) is 46.8 Å². The summed E-state index contributed by atoms with van der Waals surface area (Å²) in [5.74, 6) is 2.53. The van der Waals surface area contributed by atoms with Crippen molar-refractivity contribution in [3.63, 3.8) is 0 Å². The predicted molar refractivity (Wildman–Crippen MR) is 103 cm³/mol. The highest BCUT2D eigenvalue weighted by Gasteiger charge is 2.13. The van der Waals surface area contributed by atoms with Crippen molar-refractivity contribution in [1.29, 1.82) is 0 Å². The van der Waals surface area contributed by atoms with Crippen molar-refractivity contribution < 1.29 is 8.94 Å². The number of hydrogen-bond acceptors (Lipinski definition) is 4. The second kappa shape index (κ2) is 8.08. The van der Waals surface area contributed by atoms with Gasteiger partial charge in [0.1, 0.15) is 17.1 Å². The van der Waals surface area contributed by atoms with Crippen LogP contribution >= 0.6 is 0 Å². The van der Waals surface area contributed by atoms with Gasteiger partial charge in [0.2, 0.25) is 0 Å². The van der Waals surface area contributed by atoms with Crippen LogP contribution in [-0.4, -0.2) is 24.2 Å². The Hall–Kier alpha value is -2.76. The zero-order chi connectivity index (χ0) is 18.5. The smallest absolute Gasteiger partial charge is 0.191 e. The maximum Gasteiger partial charge on any atom is 0.191 e. The van der Waals surface area contributed by atoms with Gasteiger partial charge in [-0.1, -0.05) is 23.4 Å². The molecule has 2 N–H and O–H groups in total. The Morgan fingerprint density at radius 1 is 1.27 bits per heavy atom. The van der Waals surface area contributed by atoms with Crippen LogP contribution in [0.2, 0.25) is 0 Å². The summed E-state index contributed by atoms with van der Waals surface area (Å²) in [6.45, 7) is 9.47. The van der Waals surface area contributed by atoms with E-state index in [0.717, 1.165) is 52.7 Å². The number of para-hydroxylation sites is 1. The summed E-state index contributed by atoms with van der Waals surface area (Å²) >= 11 is 0. The molecule has 6 heteroatoms. The normalized spacial score (nSPS) is 13.2. The summed E-state index contributed by atoms with van der Waals surface area (Å²) in [6.07, 6.45) is 0.802. The molecule has 1 unspecified atom stereocenters. The quantitative estimate of drug-likeness (QED) is 0.519. The fraction of sp³-hybridized carbons (Fsp3) is 0.400. The van der Waals surface area contributed by atoms with Crippen molar-refractivity contribution in [3.05, 3.63) is 53.1 Å². The number of aromatic nitrogens is 1. The number of fused-ring (bicyclic) bond motifs is 1. The molecule has 0 saturated carbocycles. The molecule has 0 radical (unpaired) electrons. The minimum Gasteiger partial charge on any atom is -0.459 e. The second-order valence-electron chi connectivity index (χ2n) is 6.37. The molecule has 138 valence electrons. The molecule has 0 aliphatic carbocycles. The van der Waals surface area contributed by atoms with Gasteiger partial charge >= 0.3 is 0 Å². The molecule has 0 amide bonds. The number of nitrogens with one attached hydrogen (secondary N) is 2. The zero-order valence-electron chi connectivity index (χ0n) is 15.8. The molecular weight excluding hydrogens is 328 g/mol. The first-order valence-electron chi connectivity index (χ1n) is 9.03. The van der Waals surface area contributed by atoms with E-state index >= 15 is 0 Å². The van der Waals surface area contributed by atoms with Crippen LogP contribution in [0.1, 0.15) is 42.7 Å². The molecule has 26 heavy (non-hydrogen) atoms. The van der Waals surface area contributed by atoms with Gasteiger partial charge in [-0.3, -0.25) is 4.99 Å². The fourth-order valence-electron chi connectivity index (χ4n) is 2.95. The van der Waals surface area contributed by atoms with E-state index in [-0.39, 0.29) is 6.04 Å². The van der Waals surface area contributed by atoms with E-state index in [1.807, 2.05) is 32.0 Å². The van der Waals surface area contributed by atoms with Crippen LogP contribution in [0, 0.1) is 13.8 Å². The summed E-state index contributed by atoms with van der Waals surface area (Å²) in [4.78, 5) is 4.67. The predicted octanol–water partition coefficient (Wildman–Crippen LogP) is 3.90. The topological polar surface area (TPSA) is 75.6 Å². The Balaban J connectivity index is 1.66. The number of nitrogens with zero attached hydrogens (tertiary/aromatic N) is 2. The molecule has 0 fully saturated rings. The fourth-order valence-corrected chi connectivity index (χ4v) is 2.95. The first-order chi connectivity index (χ1) is 12.6. The summed E-state index contributed by atoms with van der Waals surface area (Å²) in [5.41, 5.74) is 2.97. The van der Waals surface area contributed by atoms with E-state index in [1.165, 1.54) is 0 Å². The van der Waals surface area contributed by atoms with E-state index in [1.54, 1.807) is 0 Å². The number of aliphatic imine (C=N–C) groups is 1. The number of guanidine groups is 1. The highest BCUT2D eigenvalue weighted by Crippen LogP contribution is 2.23. The molecule has 1 atom stereocenters. The van der Waals surface area contributed by atoms with Gasteiger partial charge in [-0.05, 0) is 46.2 Å². The molecule has 2 heterocycles. The molecule has 1 aromatic carbocycles. The molecule has 0 spiro atoms. The summed E-state index contributed by atoms with van der Waals surface area (Å²) in [6, 6.07) is 10.1. The van der Waals surface area contributed by atoms with Crippen molar-refractivity contribution in [2.45, 2.75) is 40.2 Å². The van der Waals surface area contributed by atoms with Gasteiger partial charge in [-0.15, -0.1) is 0 Å². The molecule has 3 rings (SSSR count). The minimum atomic E-state index is 0.0132. The third-order valence-electron chi connectivity index (χ3n) is 4.38. The highest BCUT2D eigenvalue weighted by molar-refractivity contribution is 5.81. The van der Waals surface area contributed by atoms with Crippen LogP contribution in [0.15, 0.2) is 44.3 Å². The summed E-state index contributed by atoms with van der Waals surface area (Å²) in [5, 5.41) is 11.8. The number of aryl methyl sites for hydroxylation is 2. The van der Waals surface area contributed by atoms with Crippen LogP contribution in [0.3, 0.4) is 0 Å². The Kier molecular flexibility index (Phi) is 5.61. The SMILES string of the molecule is CCNC(=NCCc1c(C)noc1C)NC(C)c1cc2ccccc2o1. The Morgan fingerprint density at radius 2 is 2.08 bits per heavy atom. The van der Waals surface area contributed by atoms with Crippen molar-refractivity contribution >= 4 is 16.9 Å². The van der Waals surface area contributed by atoms with Gasteiger partial charge in [0.05, 0.1) is 11.7 Å². The van der Waals surface area contributed by atoms with Crippen LogP contribution in [0.4, 0.5) is 0 Å². The molecule has 0 aliphatic heterocycles. The lowest BCUT2D eigenvalue weighted by atomic mass is 10.1. The van der Waals surface area contributed by atoms with E-state index in [0.29, 0.717) is 6.54 Å². The van der Waals surface area contributed by atoms with E-state index < -0.39 is 0 Å². The lowest BCUT2D eigenvalue weighted by Gasteiger charge is -2.16. The van der Waals surface area contributed by atoms with Crippen LogP contribution in [0.5, 0.6) is 0 Å². The van der Waals surface area contributed by atoms with Gasteiger partial charge in [0.25, 0.3) is 0 Å². The van der Waals surface area contributed by atoms with Crippen molar-refractivity contribution in [2.24, 2.45) is 4.99 Å². The summed E-state index contributed by atoms with van der Waals surface area (Å²) < 4.78 is 11.1. The maximum absolute atomic E-state index is 5.94. The lowest BCUT2D eigenvalue weighted by molar-refractivity contribution is 0.392. The van der Waals surface area contributed by atoms with Crippen molar-refractivity contribution in [1.82, 2.24) is 15.8 Å². The third-order valence-corrected chi connectivity index (χ3v) is 4.38. The van der Waals surface area contributed by atoms with Crippen molar-refractivity contribution in [3.8, 4) is 0 Å². The Bertz CT molecular complexity index is 842. The molecule has 0 saturated heterocycles. The van der Waals surface area contributed by atoms with Crippen molar-refractivity contribution in [2.75, 3.05) is 13.1 Å². The van der Waals surface area contributed by atoms with Gasteiger partial charge < -0.3 is 19.6 Å². The minimum absolute atomic E-state index is 0.0132. The zero-order valence-corrected chi connectivity index (χ0v) is 15.8. The molecule has 2 aromatic heterocycles. The monoisotopic (exact) mass is 354 g/mol. The number of benzene rings is 1. The molecule has 6 nitrogen and oxygen atoms in total. The number of rotatable bonds is 6. The standard InChI is InChI=1S/C20H26N4O2/c1-5-21-20(22-11-10-17-13(2)24-26-15(17)4)23-14(3)19-12-16-8-6-7-9-18(16)25-19/h6-9,12,14H,5,10-11H2,1-4H3,(H2,21,22,23). The molecular formula is C20H26N4O2. The average molecular weight is 354 g/mol. The highest BCUT2D eigenvalue weighted by atomic mass is 16.5. The third kappa shape index (κ3) is 4.07. The first-order valence-corrected chi connectivity index (χ1v) is 9.03.